The molecular weight excluding hydrogens is 190 g/mol. The Balaban J connectivity index is 3.07. The average Bonchev–Trinajstić information content (AvgIpc) is 2.10. The van der Waals surface area contributed by atoms with Gasteiger partial charge in [0.2, 0.25) is 0 Å². The van der Waals surface area contributed by atoms with Crippen molar-refractivity contribution in [3.05, 3.63) is 41.0 Å². The summed E-state index contributed by atoms with van der Waals surface area (Å²) in [6.45, 7) is 1.31. The molecule has 0 aliphatic heterocycles. The van der Waals surface area contributed by atoms with Gasteiger partial charge in [0.05, 0.1) is 0 Å². The van der Waals surface area contributed by atoms with Gasteiger partial charge in [-0.1, -0.05) is 0 Å². The first-order valence-corrected chi connectivity index (χ1v) is 3.87. The lowest BCUT2D eigenvalue weighted by Crippen LogP contribution is -1.91. The summed E-state index contributed by atoms with van der Waals surface area (Å²) >= 11 is 0. The lowest BCUT2D eigenvalue weighted by Gasteiger charge is -1.99. The molecule has 0 unspecified atom stereocenters. The summed E-state index contributed by atoms with van der Waals surface area (Å²) in [5, 5.41) is 8.29. The highest BCUT2D eigenvalue weighted by atomic mass is 19.1. The van der Waals surface area contributed by atoms with Crippen LogP contribution in [0.3, 0.4) is 0 Å². The molecule has 1 rings (SSSR count). The number of carboxylic acid groups (broad SMARTS) is 1. The Bertz CT molecular complexity index is 374. The molecule has 2 nitrogen and oxygen atoms in total. The van der Waals surface area contributed by atoms with E-state index in [1.54, 1.807) is 0 Å². The van der Waals surface area contributed by atoms with Gasteiger partial charge in [0.15, 0.2) is 0 Å². The van der Waals surface area contributed by atoms with Crippen molar-refractivity contribution in [3.8, 4) is 0 Å². The van der Waals surface area contributed by atoms with Crippen molar-refractivity contribution < 1.29 is 18.7 Å². The van der Waals surface area contributed by atoms with Crippen LogP contribution in [0.4, 0.5) is 8.78 Å². The van der Waals surface area contributed by atoms with E-state index in [2.05, 4.69) is 0 Å². The molecule has 1 aromatic carbocycles. The number of benzene rings is 1. The zero-order valence-corrected chi connectivity index (χ0v) is 7.42. The molecule has 0 aliphatic rings. The third-order valence-corrected chi connectivity index (χ3v) is 1.72. The summed E-state index contributed by atoms with van der Waals surface area (Å²) < 4.78 is 25.9. The summed E-state index contributed by atoms with van der Waals surface area (Å²) in [5.41, 5.74) is 0.116. The minimum atomic E-state index is -1.16. The van der Waals surface area contributed by atoms with Crippen LogP contribution < -0.4 is 0 Å². The fourth-order valence-electron chi connectivity index (χ4n) is 0.929. The normalized spacial score (nSPS) is 10.8. The van der Waals surface area contributed by atoms with Crippen molar-refractivity contribution in [1.29, 1.82) is 0 Å². The predicted molar refractivity (Wildman–Crippen MR) is 47.8 cm³/mol. The van der Waals surface area contributed by atoms with E-state index in [1.165, 1.54) is 6.92 Å². The number of hydrogen-bond acceptors (Lipinski definition) is 1. The van der Waals surface area contributed by atoms with Crippen LogP contribution >= 0.6 is 0 Å². The second-order valence-electron chi connectivity index (χ2n) is 2.78. The summed E-state index contributed by atoms with van der Waals surface area (Å²) in [6.07, 6.45) is 1.96. The highest BCUT2D eigenvalue weighted by molar-refractivity contribution is 5.85. The number of carbonyl (C=O) groups is 1. The smallest absolute Gasteiger partial charge is 0.328 e. The number of halogens is 2. The number of aliphatic carboxylic acids is 1. The van der Waals surface area contributed by atoms with Gasteiger partial charge in [-0.15, -0.1) is 0 Å². The van der Waals surface area contributed by atoms with Gasteiger partial charge in [-0.25, -0.2) is 13.6 Å². The zero-order chi connectivity index (χ0) is 10.7. The molecule has 0 fully saturated rings. The minimum Gasteiger partial charge on any atom is -0.478 e. The van der Waals surface area contributed by atoms with Gasteiger partial charge < -0.3 is 5.11 Å². The molecule has 0 atom stereocenters. The van der Waals surface area contributed by atoms with Crippen LogP contribution in [0.5, 0.6) is 0 Å². The van der Waals surface area contributed by atoms with Crippen molar-refractivity contribution >= 4 is 12.0 Å². The van der Waals surface area contributed by atoms with Gasteiger partial charge in [-0.2, -0.15) is 0 Å². The van der Waals surface area contributed by atoms with Crippen LogP contribution in [0.25, 0.3) is 6.08 Å². The first-order chi connectivity index (χ1) is 6.50. The first-order valence-electron chi connectivity index (χ1n) is 3.87. The molecule has 0 aromatic heterocycles. The van der Waals surface area contributed by atoms with Crippen molar-refractivity contribution in [2.75, 3.05) is 0 Å². The summed E-state index contributed by atoms with van der Waals surface area (Å²) in [7, 11) is 0. The maximum absolute atomic E-state index is 12.9. The van der Waals surface area contributed by atoms with Crippen LogP contribution in [-0.2, 0) is 4.79 Å². The lowest BCUT2D eigenvalue weighted by molar-refractivity contribution is -0.131. The second kappa shape index (κ2) is 4.00. The Labute approximate surface area is 79.5 Å². The number of carboxylic acids is 1. The SMILES string of the molecule is Cc1c(F)cc(C=CC(=O)O)cc1F. The molecule has 0 saturated heterocycles. The number of hydrogen-bond donors (Lipinski definition) is 1. The van der Waals surface area contributed by atoms with Crippen molar-refractivity contribution in [2.45, 2.75) is 6.92 Å². The van der Waals surface area contributed by atoms with Gasteiger partial charge >= 0.3 is 5.97 Å². The van der Waals surface area contributed by atoms with Crippen molar-refractivity contribution in [3.63, 3.8) is 0 Å². The van der Waals surface area contributed by atoms with E-state index in [9.17, 15) is 13.6 Å². The maximum atomic E-state index is 12.9. The molecule has 0 spiro atoms. The Hall–Kier alpha value is -1.71. The van der Waals surface area contributed by atoms with Gasteiger partial charge in [-0.3, -0.25) is 0 Å². The molecule has 0 saturated carbocycles. The summed E-state index contributed by atoms with van der Waals surface area (Å²) in [5.74, 6) is -2.53. The highest BCUT2D eigenvalue weighted by Crippen LogP contribution is 2.15. The summed E-state index contributed by atoms with van der Waals surface area (Å²) in [6, 6.07) is 2.16. The van der Waals surface area contributed by atoms with E-state index in [4.69, 9.17) is 5.11 Å². The fourth-order valence-corrected chi connectivity index (χ4v) is 0.929. The van der Waals surface area contributed by atoms with Crippen molar-refractivity contribution in [2.24, 2.45) is 0 Å². The van der Waals surface area contributed by atoms with E-state index in [1.807, 2.05) is 0 Å². The van der Waals surface area contributed by atoms with E-state index < -0.39 is 17.6 Å². The molecule has 74 valence electrons. The summed E-state index contributed by atoms with van der Waals surface area (Å²) in [4.78, 5) is 10.1. The fraction of sp³-hybridized carbons (Fsp3) is 0.100. The predicted octanol–water partition coefficient (Wildman–Crippen LogP) is 2.37. The lowest BCUT2D eigenvalue weighted by atomic mass is 10.1. The van der Waals surface area contributed by atoms with E-state index in [0.29, 0.717) is 0 Å². The van der Waals surface area contributed by atoms with Gasteiger partial charge in [0.1, 0.15) is 11.6 Å². The topological polar surface area (TPSA) is 37.3 Å². The van der Waals surface area contributed by atoms with Gasteiger partial charge in [0, 0.05) is 11.6 Å². The van der Waals surface area contributed by atoms with Crippen LogP contribution in [-0.4, -0.2) is 11.1 Å². The minimum absolute atomic E-state index is 0.0718. The third-order valence-electron chi connectivity index (χ3n) is 1.72. The van der Waals surface area contributed by atoms with Gasteiger partial charge in [0.25, 0.3) is 0 Å². The monoisotopic (exact) mass is 198 g/mol. The Kier molecular flexibility index (Phi) is 2.96. The largest absolute Gasteiger partial charge is 0.478 e. The van der Waals surface area contributed by atoms with Crippen LogP contribution in [0.1, 0.15) is 11.1 Å². The third kappa shape index (κ3) is 2.39. The average molecular weight is 198 g/mol. The van der Waals surface area contributed by atoms with Crippen LogP contribution in [0.15, 0.2) is 18.2 Å². The van der Waals surface area contributed by atoms with E-state index >= 15 is 0 Å². The molecule has 1 N–H and O–H groups in total. The van der Waals surface area contributed by atoms with Crippen molar-refractivity contribution in [1.82, 2.24) is 0 Å². The molecule has 0 heterocycles. The van der Waals surface area contributed by atoms with E-state index in [0.717, 1.165) is 24.3 Å². The Morgan fingerprint density at radius 2 is 1.86 bits per heavy atom. The molecule has 0 radical (unpaired) electrons. The van der Waals surface area contributed by atoms with Crippen LogP contribution in [0, 0.1) is 18.6 Å². The molecule has 14 heavy (non-hydrogen) atoms. The Morgan fingerprint density at radius 3 is 2.29 bits per heavy atom. The molecular formula is C10H8F2O2. The molecule has 0 amide bonds. The standard InChI is InChI=1S/C10H8F2O2/c1-6-8(11)4-7(5-9(6)12)2-3-10(13)14/h2-5H,1H3,(H,13,14). The Morgan fingerprint density at radius 1 is 1.36 bits per heavy atom. The van der Waals surface area contributed by atoms with E-state index in [-0.39, 0.29) is 11.1 Å². The quantitative estimate of drug-likeness (QED) is 0.740. The molecule has 0 bridgehead atoms. The number of rotatable bonds is 2. The highest BCUT2D eigenvalue weighted by Gasteiger charge is 2.04. The van der Waals surface area contributed by atoms with Gasteiger partial charge in [-0.05, 0) is 30.7 Å². The first kappa shape index (κ1) is 10.4. The maximum Gasteiger partial charge on any atom is 0.328 e. The molecule has 1 aromatic rings. The molecule has 4 heteroatoms. The second-order valence-corrected chi connectivity index (χ2v) is 2.78. The molecule has 0 aliphatic carbocycles. The zero-order valence-electron chi connectivity index (χ0n) is 7.42. The van der Waals surface area contributed by atoms with Crippen LogP contribution in [0.2, 0.25) is 0 Å².